The van der Waals surface area contributed by atoms with Gasteiger partial charge in [-0.1, -0.05) is 30.3 Å². The fourth-order valence-corrected chi connectivity index (χ4v) is 4.48. The second kappa shape index (κ2) is 9.67. The summed E-state index contributed by atoms with van der Waals surface area (Å²) < 4.78 is 2.02. The Hall–Kier alpha value is -2.63. The first kappa shape index (κ1) is 21.6. The van der Waals surface area contributed by atoms with Crippen molar-refractivity contribution >= 4 is 5.69 Å². The molecule has 0 radical (unpaired) electrons. The van der Waals surface area contributed by atoms with Crippen LogP contribution in [-0.4, -0.2) is 53.4 Å². The lowest BCUT2D eigenvalue weighted by atomic mass is 10.1. The summed E-state index contributed by atoms with van der Waals surface area (Å²) in [6.45, 7) is 15.1. The number of para-hydroxylation sites is 1. The van der Waals surface area contributed by atoms with Crippen LogP contribution < -0.4 is 10.2 Å². The standard InChI is InChI=1S/C26H35N5/c1-20-9-8-12-26(23(20)4)30-15-13-29(14-16-30)22(3)18-27-19-24-17-21(2)31(28-24)25-10-6-5-7-11-25/h5-12,17,22,27H,13-16,18-19H2,1-4H3. The van der Waals surface area contributed by atoms with Crippen molar-refractivity contribution in [2.75, 3.05) is 37.6 Å². The van der Waals surface area contributed by atoms with Gasteiger partial charge in [0.15, 0.2) is 0 Å². The molecule has 5 nitrogen and oxygen atoms in total. The minimum atomic E-state index is 0.512. The molecule has 0 amide bonds. The molecule has 0 saturated carbocycles. The van der Waals surface area contributed by atoms with E-state index in [1.54, 1.807) is 0 Å². The van der Waals surface area contributed by atoms with E-state index in [0.29, 0.717) is 6.04 Å². The van der Waals surface area contributed by atoms with Crippen LogP contribution >= 0.6 is 0 Å². The summed E-state index contributed by atoms with van der Waals surface area (Å²) in [5, 5.41) is 8.40. The van der Waals surface area contributed by atoms with Crippen LogP contribution in [0, 0.1) is 20.8 Å². The summed E-state index contributed by atoms with van der Waals surface area (Å²) >= 11 is 0. The fourth-order valence-electron chi connectivity index (χ4n) is 4.48. The average molecular weight is 418 g/mol. The summed E-state index contributed by atoms with van der Waals surface area (Å²) in [6, 6.07) is 19.7. The Morgan fingerprint density at radius 3 is 2.42 bits per heavy atom. The van der Waals surface area contributed by atoms with Crippen molar-refractivity contribution in [2.45, 2.75) is 40.3 Å². The lowest BCUT2D eigenvalue weighted by Gasteiger charge is -2.40. The number of hydrogen-bond donors (Lipinski definition) is 1. The molecule has 1 N–H and O–H groups in total. The van der Waals surface area contributed by atoms with Gasteiger partial charge in [0.25, 0.3) is 0 Å². The second-order valence-electron chi connectivity index (χ2n) is 8.75. The topological polar surface area (TPSA) is 36.3 Å². The number of piperazine rings is 1. The molecule has 3 aromatic rings. The van der Waals surface area contributed by atoms with E-state index in [0.717, 1.165) is 50.6 Å². The summed E-state index contributed by atoms with van der Waals surface area (Å²) in [7, 11) is 0. The molecule has 1 aromatic heterocycles. The van der Waals surface area contributed by atoms with E-state index in [4.69, 9.17) is 5.10 Å². The van der Waals surface area contributed by atoms with Crippen LogP contribution in [0.15, 0.2) is 54.6 Å². The Balaban J connectivity index is 1.26. The number of nitrogens with one attached hydrogen (secondary N) is 1. The Morgan fingerprint density at radius 1 is 0.935 bits per heavy atom. The Labute approximate surface area is 186 Å². The molecule has 0 spiro atoms. The summed E-state index contributed by atoms with van der Waals surface area (Å²) in [5.74, 6) is 0. The predicted molar refractivity (Wildman–Crippen MR) is 129 cm³/mol. The van der Waals surface area contributed by atoms with Gasteiger partial charge in [-0.2, -0.15) is 5.10 Å². The highest BCUT2D eigenvalue weighted by Gasteiger charge is 2.22. The molecule has 1 aliphatic heterocycles. The van der Waals surface area contributed by atoms with Gasteiger partial charge < -0.3 is 10.2 Å². The molecule has 164 valence electrons. The number of nitrogens with zero attached hydrogens (tertiary/aromatic N) is 4. The second-order valence-corrected chi connectivity index (χ2v) is 8.75. The van der Waals surface area contributed by atoms with Gasteiger partial charge in [0.05, 0.1) is 11.4 Å². The highest BCUT2D eigenvalue weighted by Crippen LogP contribution is 2.24. The van der Waals surface area contributed by atoms with Gasteiger partial charge in [-0.3, -0.25) is 4.90 Å². The predicted octanol–water partition coefficient (Wildman–Crippen LogP) is 4.10. The molecule has 0 bridgehead atoms. The van der Waals surface area contributed by atoms with Crippen LogP contribution in [0.4, 0.5) is 5.69 Å². The van der Waals surface area contributed by atoms with E-state index in [2.05, 4.69) is 91.3 Å². The maximum Gasteiger partial charge on any atom is 0.0769 e. The molecule has 1 atom stereocenters. The van der Waals surface area contributed by atoms with Crippen LogP contribution in [0.3, 0.4) is 0 Å². The Kier molecular flexibility index (Phi) is 6.73. The summed E-state index contributed by atoms with van der Waals surface area (Å²) in [6.07, 6.45) is 0. The first-order chi connectivity index (χ1) is 15.0. The van der Waals surface area contributed by atoms with Crippen molar-refractivity contribution in [3.63, 3.8) is 0 Å². The number of aryl methyl sites for hydroxylation is 2. The molecule has 1 fully saturated rings. The van der Waals surface area contributed by atoms with Crippen LogP contribution in [-0.2, 0) is 6.54 Å². The average Bonchev–Trinajstić information content (AvgIpc) is 3.16. The van der Waals surface area contributed by atoms with Crippen molar-refractivity contribution < 1.29 is 0 Å². The zero-order valence-electron chi connectivity index (χ0n) is 19.3. The monoisotopic (exact) mass is 417 g/mol. The molecular weight excluding hydrogens is 382 g/mol. The molecule has 4 rings (SSSR count). The van der Waals surface area contributed by atoms with Crippen molar-refractivity contribution in [3.8, 4) is 5.69 Å². The molecule has 2 aromatic carbocycles. The molecule has 31 heavy (non-hydrogen) atoms. The van der Waals surface area contributed by atoms with Gasteiger partial charge in [0.2, 0.25) is 0 Å². The highest BCUT2D eigenvalue weighted by atomic mass is 15.3. The first-order valence-electron chi connectivity index (χ1n) is 11.4. The number of rotatable bonds is 7. The van der Waals surface area contributed by atoms with E-state index in [1.807, 2.05) is 10.7 Å². The van der Waals surface area contributed by atoms with Crippen molar-refractivity contribution in [3.05, 3.63) is 77.1 Å². The van der Waals surface area contributed by atoms with Crippen LogP contribution in [0.25, 0.3) is 5.69 Å². The van der Waals surface area contributed by atoms with Crippen molar-refractivity contribution in [1.29, 1.82) is 0 Å². The number of aromatic nitrogens is 2. The van der Waals surface area contributed by atoms with Gasteiger partial charge in [-0.05, 0) is 63.1 Å². The van der Waals surface area contributed by atoms with E-state index in [9.17, 15) is 0 Å². The van der Waals surface area contributed by atoms with Crippen LogP contribution in [0.2, 0.25) is 0 Å². The van der Waals surface area contributed by atoms with Gasteiger partial charge >= 0.3 is 0 Å². The van der Waals surface area contributed by atoms with Crippen molar-refractivity contribution in [1.82, 2.24) is 20.0 Å². The largest absolute Gasteiger partial charge is 0.369 e. The van der Waals surface area contributed by atoms with E-state index >= 15 is 0 Å². The molecule has 1 saturated heterocycles. The number of benzene rings is 2. The first-order valence-corrected chi connectivity index (χ1v) is 11.4. The Morgan fingerprint density at radius 2 is 1.68 bits per heavy atom. The molecule has 5 heteroatoms. The fraction of sp³-hybridized carbons (Fsp3) is 0.423. The smallest absolute Gasteiger partial charge is 0.0769 e. The third-order valence-electron chi connectivity index (χ3n) is 6.54. The Bertz CT molecular complexity index is 986. The van der Waals surface area contributed by atoms with E-state index in [-0.39, 0.29) is 0 Å². The quantitative estimate of drug-likeness (QED) is 0.628. The number of anilines is 1. The third kappa shape index (κ3) is 5.00. The zero-order valence-corrected chi connectivity index (χ0v) is 19.3. The minimum Gasteiger partial charge on any atom is -0.369 e. The van der Waals surface area contributed by atoms with Gasteiger partial charge in [0.1, 0.15) is 0 Å². The molecule has 0 aliphatic carbocycles. The third-order valence-corrected chi connectivity index (χ3v) is 6.54. The van der Waals surface area contributed by atoms with E-state index < -0.39 is 0 Å². The maximum absolute atomic E-state index is 4.78. The summed E-state index contributed by atoms with van der Waals surface area (Å²) in [4.78, 5) is 5.14. The molecule has 1 aliphatic rings. The normalized spacial score (nSPS) is 15.9. The van der Waals surface area contributed by atoms with Crippen LogP contribution in [0.1, 0.15) is 29.4 Å². The zero-order chi connectivity index (χ0) is 21.8. The van der Waals surface area contributed by atoms with Crippen LogP contribution in [0.5, 0.6) is 0 Å². The highest BCUT2D eigenvalue weighted by molar-refractivity contribution is 5.56. The molecule has 1 unspecified atom stereocenters. The lowest BCUT2D eigenvalue weighted by Crippen LogP contribution is -2.52. The minimum absolute atomic E-state index is 0.512. The van der Waals surface area contributed by atoms with E-state index in [1.165, 1.54) is 22.5 Å². The maximum atomic E-state index is 4.78. The molecular formula is C26H35N5. The number of hydrogen-bond acceptors (Lipinski definition) is 4. The lowest BCUT2D eigenvalue weighted by molar-refractivity contribution is 0.192. The van der Waals surface area contributed by atoms with Gasteiger partial charge in [-0.15, -0.1) is 0 Å². The van der Waals surface area contributed by atoms with Gasteiger partial charge in [-0.25, -0.2) is 4.68 Å². The summed E-state index contributed by atoms with van der Waals surface area (Å²) in [5.41, 5.74) is 7.56. The van der Waals surface area contributed by atoms with Gasteiger partial charge in [0, 0.05) is 56.7 Å². The SMILES string of the molecule is Cc1cccc(N2CCN(C(C)CNCc3cc(C)n(-c4ccccc4)n3)CC2)c1C. The van der Waals surface area contributed by atoms with Crippen molar-refractivity contribution in [2.24, 2.45) is 0 Å². The molecule has 2 heterocycles.